The van der Waals surface area contributed by atoms with Gasteiger partial charge in [0, 0.05) is 12.4 Å². The number of nitrogens with one attached hydrogen (secondary N) is 1. The SMILES string of the molecule is O=C([15NH][13CH2][13C](=O)O)c1cnccc1C(F)(F)F. The maximum Gasteiger partial charge on any atom is 0.417 e. The van der Waals surface area contributed by atoms with Crippen LogP contribution in [0.3, 0.4) is 0 Å². The Hall–Kier alpha value is -2.12. The van der Waals surface area contributed by atoms with Gasteiger partial charge in [-0.05, 0) is 6.07 Å². The zero-order chi connectivity index (χ0) is 13.1. The summed E-state index contributed by atoms with van der Waals surface area (Å²) in [6.07, 6.45) is -3.06. The lowest BCUT2D eigenvalue weighted by atomic mass is 10.1. The molecular weight excluding hydrogens is 244 g/mol. The first-order valence-corrected chi connectivity index (χ1v) is 4.33. The first-order chi connectivity index (χ1) is 7.82. The van der Waals surface area contributed by atoms with Crippen LogP contribution >= 0.6 is 0 Å². The van der Waals surface area contributed by atoms with Crippen molar-refractivity contribution in [1.29, 1.82) is 0 Å². The van der Waals surface area contributed by atoms with Crippen molar-refractivity contribution in [3.8, 4) is 0 Å². The number of rotatable bonds is 3. The van der Waals surface area contributed by atoms with Crippen molar-refractivity contribution in [3.05, 3.63) is 29.6 Å². The molecule has 0 atom stereocenters. The monoisotopic (exact) mass is 251 g/mol. The van der Waals surface area contributed by atoms with Gasteiger partial charge >= 0.3 is 12.1 Å². The molecule has 0 aliphatic rings. The molecule has 92 valence electrons. The van der Waals surface area contributed by atoms with Crippen LogP contribution in [0.25, 0.3) is 0 Å². The largest absolute Gasteiger partial charge is 0.480 e. The Bertz CT molecular complexity index is 445. The molecule has 1 amide bonds. The molecule has 0 aliphatic carbocycles. The highest BCUT2D eigenvalue weighted by Crippen LogP contribution is 2.31. The van der Waals surface area contributed by atoms with Crippen LogP contribution in [0.2, 0.25) is 0 Å². The predicted octanol–water partition coefficient (Wildman–Crippen LogP) is 0.915. The smallest absolute Gasteiger partial charge is 0.417 e. The van der Waals surface area contributed by atoms with Gasteiger partial charge in [-0.3, -0.25) is 14.6 Å². The van der Waals surface area contributed by atoms with Crippen molar-refractivity contribution in [3.63, 3.8) is 0 Å². The molecule has 0 bridgehead atoms. The number of alkyl halides is 3. The van der Waals surface area contributed by atoms with Crippen molar-refractivity contribution >= 4 is 11.9 Å². The third kappa shape index (κ3) is 3.44. The van der Waals surface area contributed by atoms with Crippen LogP contribution in [-0.4, -0.2) is 28.5 Å². The van der Waals surface area contributed by atoms with Gasteiger partial charge in [-0.25, -0.2) is 0 Å². The summed E-state index contributed by atoms with van der Waals surface area (Å²) in [5, 5.41) is 10.1. The van der Waals surface area contributed by atoms with E-state index in [-0.39, 0.29) is 0 Å². The highest BCUT2D eigenvalue weighted by molar-refractivity contribution is 5.96. The minimum atomic E-state index is -4.70. The van der Waals surface area contributed by atoms with E-state index in [2.05, 4.69) is 4.98 Å². The maximum absolute atomic E-state index is 12.5. The molecule has 0 aliphatic heterocycles. The van der Waals surface area contributed by atoms with Gasteiger partial charge in [0.1, 0.15) is 6.54 Å². The fourth-order valence-corrected chi connectivity index (χ4v) is 1.07. The number of carbonyl (C=O) groups is 2. The number of aromatic nitrogens is 1. The van der Waals surface area contributed by atoms with E-state index >= 15 is 0 Å². The Morgan fingerprint density at radius 2 is 2.06 bits per heavy atom. The van der Waals surface area contributed by atoms with Crippen LogP contribution in [0.4, 0.5) is 13.2 Å². The summed E-state index contributed by atoms with van der Waals surface area (Å²) in [6, 6.07) is 0.648. The van der Waals surface area contributed by atoms with E-state index in [1.54, 1.807) is 0 Å². The summed E-state index contributed by atoms with van der Waals surface area (Å²) in [5.74, 6) is -2.48. The highest BCUT2D eigenvalue weighted by atomic mass is 19.4. The number of hydrogen-bond donors (Lipinski definition) is 2. The van der Waals surface area contributed by atoms with Crippen LogP contribution in [0.15, 0.2) is 18.5 Å². The first-order valence-electron chi connectivity index (χ1n) is 4.33. The molecule has 5 nitrogen and oxygen atoms in total. The van der Waals surface area contributed by atoms with Crippen LogP contribution in [-0.2, 0) is 11.0 Å². The van der Waals surface area contributed by atoms with Gasteiger partial charge in [0.2, 0.25) is 0 Å². The molecule has 2 N–H and O–H groups in total. The molecule has 0 saturated heterocycles. The quantitative estimate of drug-likeness (QED) is 0.618. The molecule has 0 aromatic carbocycles. The fourth-order valence-electron chi connectivity index (χ4n) is 1.07. The van der Waals surface area contributed by atoms with Gasteiger partial charge < -0.3 is 10.4 Å². The Morgan fingerprint density at radius 3 is 2.59 bits per heavy atom. The molecule has 0 saturated carbocycles. The van der Waals surface area contributed by atoms with E-state index < -0.39 is 35.7 Å². The molecule has 0 radical (unpaired) electrons. The summed E-state index contributed by atoms with van der Waals surface area (Å²) >= 11 is 0. The fraction of sp³-hybridized carbons (Fsp3) is 0.222. The Kier molecular flexibility index (Phi) is 3.66. The van der Waals surface area contributed by atoms with Crippen molar-refractivity contribution in [2.24, 2.45) is 0 Å². The topological polar surface area (TPSA) is 79.3 Å². The van der Waals surface area contributed by atoms with Crippen molar-refractivity contribution in [2.75, 3.05) is 6.54 Å². The van der Waals surface area contributed by atoms with Crippen LogP contribution in [0.5, 0.6) is 0 Å². The van der Waals surface area contributed by atoms with Gasteiger partial charge in [-0.2, -0.15) is 13.2 Å². The van der Waals surface area contributed by atoms with Crippen molar-refractivity contribution in [1.82, 2.24) is 10.3 Å². The van der Waals surface area contributed by atoms with Gasteiger partial charge in [0.05, 0.1) is 11.1 Å². The summed E-state index contributed by atoms with van der Waals surface area (Å²) in [6.45, 7) is -0.759. The summed E-state index contributed by atoms with van der Waals surface area (Å²) in [4.78, 5) is 24.9. The van der Waals surface area contributed by atoms with Crippen LogP contribution in [0.1, 0.15) is 15.9 Å². The second-order valence-corrected chi connectivity index (χ2v) is 3.00. The second kappa shape index (κ2) is 4.81. The van der Waals surface area contributed by atoms with E-state index in [0.29, 0.717) is 6.07 Å². The molecule has 0 spiro atoms. The molecule has 0 unspecified atom stereocenters. The number of halogens is 3. The number of nitrogens with zero attached hydrogens (tertiary/aromatic N) is 1. The van der Waals surface area contributed by atoms with Crippen LogP contribution in [0, 0.1) is 0 Å². The molecular formula is C9H7F3N2O3. The average molecular weight is 251 g/mol. The van der Waals surface area contributed by atoms with Crippen LogP contribution < -0.4 is 5.32 Å². The van der Waals surface area contributed by atoms with E-state index in [0.717, 1.165) is 12.4 Å². The molecule has 0 fully saturated rings. The summed E-state index contributed by atoms with van der Waals surface area (Å²) < 4.78 is 37.5. The molecule has 1 heterocycles. The summed E-state index contributed by atoms with van der Waals surface area (Å²) in [5.41, 5.74) is -1.86. The Labute approximate surface area is 93.3 Å². The lowest BCUT2D eigenvalue weighted by Gasteiger charge is -2.11. The van der Waals surface area contributed by atoms with E-state index in [4.69, 9.17) is 5.11 Å². The first kappa shape index (κ1) is 12.9. The Balaban J connectivity index is 2.98. The van der Waals surface area contributed by atoms with Gasteiger partial charge in [-0.15, -0.1) is 0 Å². The van der Waals surface area contributed by atoms with Crippen molar-refractivity contribution in [2.45, 2.75) is 6.18 Å². The molecule has 1 rings (SSSR count). The number of carboxylic acid groups (broad SMARTS) is 1. The Morgan fingerprint density at radius 1 is 1.41 bits per heavy atom. The minimum absolute atomic E-state index is 0.648. The number of pyridine rings is 1. The minimum Gasteiger partial charge on any atom is -0.480 e. The zero-order valence-electron chi connectivity index (χ0n) is 8.28. The third-order valence-electron chi connectivity index (χ3n) is 1.77. The number of hydrogen-bond acceptors (Lipinski definition) is 3. The third-order valence-corrected chi connectivity index (χ3v) is 1.77. The predicted molar refractivity (Wildman–Crippen MR) is 49.2 cm³/mol. The maximum atomic E-state index is 12.5. The number of carbonyl (C=O) groups excluding carboxylic acids is 1. The van der Waals surface area contributed by atoms with E-state index in [1.165, 1.54) is 0 Å². The standard InChI is InChI=1S/C9H7F3N2O3/c10-9(11,12)6-1-2-13-3-5(6)8(17)14-4-7(15)16/h1-3H,4H2,(H,14,17)(H,15,16)/i4+1,7+1,14+1. The average Bonchev–Trinajstić information content (AvgIpc) is 2.24. The van der Waals surface area contributed by atoms with E-state index in [9.17, 15) is 22.8 Å². The number of amides is 1. The lowest BCUT2D eigenvalue weighted by molar-refractivity contribution is -0.138. The van der Waals surface area contributed by atoms with Gasteiger partial charge in [0.25, 0.3) is 5.91 Å². The number of aliphatic carboxylic acids is 1. The normalized spacial score (nSPS) is 11.0. The number of carboxylic acids is 1. The second-order valence-electron chi connectivity index (χ2n) is 3.00. The lowest BCUT2D eigenvalue weighted by Crippen LogP contribution is -2.31. The molecule has 1 aromatic heterocycles. The highest BCUT2D eigenvalue weighted by Gasteiger charge is 2.35. The molecule has 17 heavy (non-hydrogen) atoms. The van der Waals surface area contributed by atoms with Gasteiger partial charge in [0.15, 0.2) is 0 Å². The summed E-state index contributed by atoms with van der Waals surface area (Å²) in [7, 11) is 0. The molecule has 8 heteroatoms. The zero-order valence-corrected chi connectivity index (χ0v) is 8.28. The molecule has 1 aromatic rings. The van der Waals surface area contributed by atoms with E-state index in [1.807, 2.05) is 5.32 Å². The van der Waals surface area contributed by atoms with Crippen molar-refractivity contribution < 1.29 is 27.9 Å². The van der Waals surface area contributed by atoms with Gasteiger partial charge in [-0.1, -0.05) is 0 Å².